The Hall–Kier alpha value is -1.62. The van der Waals surface area contributed by atoms with Gasteiger partial charge in [0, 0.05) is 13.2 Å². The van der Waals surface area contributed by atoms with Crippen molar-refractivity contribution < 1.29 is 14.3 Å². The summed E-state index contributed by atoms with van der Waals surface area (Å²) >= 11 is 0. The summed E-state index contributed by atoms with van der Waals surface area (Å²) in [6.45, 7) is 2.14. The van der Waals surface area contributed by atoms with Crippen LogP contribution in [0.25, 0.3) is 0 Å². The number of urea groups is 1. The van der Waals surface area contributed by atoms with Gasteiger partial charge in [0.05, 0.1) is 5.69 Å². The van der Waals surface area contributed by atoms with Crippen LogP contribution in [0.1, 0.15) is 6.92 Å². The molecule has 0 radical (unpaired) electrons. The smallest absolute Gasteiger partial charge is 0.319 e. The maximum absolute atomic E-state index is 13.1. The van der Waals surface area contributed by atoms with Crippen molar-refractivity contribution in [2.75, 3.05) is 18.5 Å². The molecule has 1 aromatic carbocycles. The second-order valence-corrected chi connectivity index (χ2v) is 3.60. The minimum absolute atomic E-state index is 0.0000217. The molecule has 0 heterocycles. The quantitative estimate of drug-likeness (QED) is 0.729. The number of hydrogen-bond acceptors (Lipinski definition) is 2. The van der Waals surface area contributed by atoms with Gasteiger partial charge in [-0.05, 0) is 18.1 Å². The van der Waals surface area contributed by atoms with Gasteiger partial charge in [-0.1, -0.05) is 19.1 Å². The lowest BCUT2D eigenvalue weighted by Gasteiger charge is -2.11. The highest BCUT2D eigenvalue weighted by atomic mass is 19.1. The van der Waals surface area contributed by atoms with E-state index in [2.05, 4.69) is 10.6 Å². The minimum Gasteiger partial charge on any atom is -0.396 e. The molecule has 0 spiro atoms. The van der Waals surface area contributed by atoms with E-state index in [0.29, 0.717) is 6.54 Å². The van der Waals surface area contributed by atoms with Crippen molar-refractivity contribution >= 4 is 11.7 Å². The lowest BCUT2D eigenvalue weighted by molar-refractivity contribution is 0.227. The number of halogens is 1. The Labute approximate surface area is 93.5 Å². The zero-order chi connectivity index (χ0) is 12.0. The molecule has 3 N–H and O–H groups in total. The van der Waals surface area contributed by atoms with E-state index in [1.54, 1.807) is 19.1 Å². The van der Waals surface area contributed by atoms with E-state index in [1.165, 1.54) is 12.1 Å². The van der Waals surface area contributed by atoms with Crippen LogP contribution in [0.5, 0.6) is 0 Å². The molecule has 0 saturated heterocycles. The van der Waals surface area contributed by atoms with Crippen molar-refractivity contribution in [3.8, 4) is 0 Å². The fraction of sp³-hybridized carbons (Fsp3) is 0.364. The summed E-state index contributed by atoms with van der Waals surface area (Å²) in [7, 11) is 0. The largest absolute Gasteiger partial charge is 0.396 e. The summed E-state index contributed by atoms with van der Waals surface area (Å²) in [4.78, 5) is 11.3. The molecule has 88 valence electrons. The Morgan fingerprint density at radius 1 is 1.50 bits per heavy atom. The third-order valence-electron chi connectivity index (χ3n) is 2.04. The molecule has 1 unspecified atom stereocenters. The molecular weight excluding hydrogens is 211 g/mol. The highest BCUT2D eigenvalue weighted by Gasteiger charge is 2.06. The first kappa shape index (κ1) is 12.4. The highest BCUT2D eigenvalue weighted by molar-refractivity contribution is 5.89. The average molecular weight is 226 g/mol. The summed E-state index contributed by atoms with van der Waals surface area (Å²) in [5.41, 5.74) is 0.136. The molecule has 0 fully saturated rings. The van der Waals surface area contributed by atoms with Crippen molar-refractivity contribution in [1.29, 1.82) is 0 Å². The summed E-state index contributed by atoms with van der Waals surface area (Å²) < 4.78 is 13.1. The number of hydrogen-bond donors (Lipinski definition) is 3. The van der Waals surface area contributed by atoms with Gasteiger partial charge in [0.25, 0.3) is 0 Å². The number of nitrogens with one attached hydrogen (secondary N) is 2. The molecule has 0 aliphatic carbocycles. The molecular formula is C11H15FN2O2. The van der Waals surface area contributed by atoms with Gasteiger partial charge in [0.15, 0.2) is 0 Å². The van der Waals surface area contributed by atoms with Crippen LogP contribution in [0, 0.1) is 11.7 Å². The lowest BCUT2D eigenvalue weighted by Crippen LogP contribution is -2.33. The summed E-state index contributed by atoms with van der Waals surface area (Å²) in [6, 6.07) is 5.45. The van der Waals surface area contributed by atoms with Gasteiger partial charge in [0.2, 0.25) is 0 Å². The maximum atomic E-state index is 13.1. The number of carbonyl (C=O) groups excluding carboxylic acids is 1. The number of rotatable bonds is 4. The summed E-state index contributed by atoms with van der Waals surface area (Å²) in [5.74, 6) is -0.501. The number of para-hydroxylation sites is 1. The standard InChI is InChI=1S/C11H15FN2O2/c1-8(7-15)6-13-11(16)14-10-5-3-2-4-9(10)12/h2-5,8,15H,6-7H2,1H3,(H2,13,14,16). The molecule has 1 rings (SSSR count). The van der Waals surface area contributed by atoms with E-state index in [-0.39, 0.29) is 18.2 Å². The van der Waals surface area contributed by atoms with Crippen LogP contribution in [0.3, 0.4) is 0 Å². The second kappa shape index (κ2) is 6.07. The van der Waals surface area contributed by atoms with Gasteiger partial charge < -0.3 is 15.7 Å². The second-order valence-electron chi connectivity index (χ2n) is 3.60. The molecule has 4 nitrogen and oxygen atoms in total. The fourth-order valence-corrected chi connectivity index (χ4v) is 1.06. The van der Waals surface area contributed by atoms with Crippen molar-refractivity contribution in [3.63, 3.8) is 0 Å². The number of carbonyl (C=O) groups is 1. The first-order valence-corrected chi connectivity index (χ1v) is 5.03. The minimum atomic E-state index is -0.481. The molecule has 0 aliphatic heterocycles. The number of aliphatic hydroxyl groups excluding tert-OH is 1. The Morgan fingerprint density at radius 2 is 2.19 bits per heavy atom. The topological polar surface area (TPSA) is 61.4 Å². The zero-order valence-electron chi connectivity index (χ0n) is 9.03. The molecule has 1 aromatic rings. The first-order valence-electron chi connectivity index (χ1n) is 5.03. The first-order chi connectivity index (χ1) is 7.63. The molecule has 0 saturated carbocycles. The Bertz CT molecular complexity index is 358. The molecule has 0 bridgehead atoms. The number of anilines is 1. The molecule has 5 heteroatoms. The maximum Gasteiger partial charge on any atom is 0.319 e. The van der Waals surface area contributed by atoms with E-state index in [0.717, 1.165) is 0 Å². The predicted molar refractivity (Wildman–Crippen MR) is 59.7 cm³/mol. The monoisotopic (exact) mass is 226 g/mol. The third kappa shape index (κ3) is 3.86. The van der Waals surface area contributed by atoms with Crippen molar-refractivity contribution in [2.24, 2.45) is 5.92 Å². The lowest BCUT2D eigenvalue weighted by atomic mass is 10.2. The van der Waals surface area contributed by atoms with Gasteiger partial charge in [-0.2, -0.15) is 0 Å². The predicted octanol–water partition coefficient (Wildman–Crippen LogP) is 1.58. The Kier molecular flexibility index (Phi) is 4.72. The SMILES string of the molecule is CC(CO)CNC(=O)Nc1ccccc1F. The van der Waals surface area contributed by atoms with Gasteiger partial charge in [-0.3, -0.25) is 0 Å². The highest BCUT2D eigenvalue weighted by Crippen LogP contribution is 2.11. The molecule has 1 atom stereocenters. The van der Waals surface area contributed by atoms with E-state index < -0.39 is 11.8 Å². The Balaban J connectivity index is 2.43. The normalized spacial score (nSPS) is 11.9. The average Bonchev–Trinajstić information content (AvgIpc) is 2.29. The van der Waals surface area contributed by atoms with Gasteiger partial charge in [0.1, 0.15) is 5.82 Å². The van der Waals surface area contributed by atoms with Crippen LogP contribution < -0.4 is 10.6 Å². The van der Waals surface area contributed by atoms with Crippen LogP contribution in [-0.4, -0.2) is 24.3 Å². The van der Waals surface area contributed by atoms with Crippen LogP contribution in [0.2, 0.25) is 0 Å². The molecule has 0 aliphatic rings. The zero-order valence-corrected chi connectivity index (χ0v) is 9.03. The number of aliphatic hydroxyl groups is 1. The van der Waals surface area contributed by atoms with Gasteiger partial charge in [-0.25, -0.2) is 9.18 Å². The van der Waals surface area contributed by atoms with Crippen LogP contribution in [0.15, 0.2) is 24.3 Å². The van der Waals surface area contributed by atoms with Crippen LogP contribution in [-0.2, 0) is 0 Å². The van der Waals surface area contributed by atoms with Crippen LogP contribution in [0.4, 0.5) is 14.9 Å². The third-order valence-corrected chi connectivity index (χ3v) is 2.04. The van der Waals surface area contributed by atoms with E-state index >= 15 is 0 Å². The molecule has 16 heavy (non-hydrogen) atoms. The molecule has 2 amide bonds. The van der Waals surface area contributed by atoms with Gasteiger partial charge >= 0.3 is 6.03 Å². The van der Waals surface area contributed by atoms with Crippen molar-refractivity contribution in [1.82, 2.24) is 5.32 Å². The van der Waals surface area contributed by atoms with Gasteiger partial charge in [-0.15, -0.1) is 0 Å². The van der Waals surface area contributed by atoms with E-state index in [4.69, 9.17) is 5.11 Å². The fourth-order valence-electron chi connectivity index (χ4n) is 1.06. The summed E-state index contributed by atoms with van der Waals surface area (Å²) in [6.07, 6.45) is 0. The van der Waals surface area contributed by atoms with E-state index in [9.17, 15) is 9.18 Å². The molecule has 0 aromatic heterocycles. The van der Waals surface area contributed by atoms with Crippen molar-refractivity contribution in [3.05, 3.63) is 30.1 Å². The van der Waals surface area contributed by atoms with E-state index in [1.807, 2.05) is 0 Å². The van der Waals surface area contributed by atoms with Crippen molar-refractivity contribution in [2.45, 2.75) is 6.92 Å². The Morgan fingerprint density at radius 3 is 2.81 bits per heavy atom. The summed E-state index contributed by atoms with van der Waals surface area (Å²) in [5, 5.41) is 13.7. The van der Waals surface area contributed by atoms with Crippen LogP contribution >= 0.6 is 0 Å². The number of benzene rings is 1. The number of amides is 2.